The number of aryl methyl sites for hydroxylation is 1. The third-order valence-corrected chi connectivity index (χ3v) is 6.08. The van der Waals surface area contributed by atoms with Crippen molar-refractivity contribution in [2.75, 3.05) is 31.1 Å². The summed E-state index contributed by atoms with van der Waals surface area (Å²) < 4.78 is 2.31. The number of aromatic nitrogens is 5. The SMILES string of the molecule is c1ccc([C@H]2CCc3nc4ccc(-c5cnc(N6CCNCC6)nc5)nc4n32)cc1. The van der Waals surface area contributed by atoms with Gasteiger partial charge in [-0.15, -0.1) is 0 Å². The molecule has 0 bridgehead atoms. The zero-order chi connectivity index (χ0) is 19.9. The molecule has 2 aliphatic heterocycles. The summed E-state index contributed by atoms with van der Waals surface area (Å²) in [6.07, 6.45) is 5.81. The largest absolute Gasteiger partial charge is 0.338 e. The molecule has 5 heterocycles. The van der Waals surface area contributed by atoms with Gasteiger partial charge in [-0.25, -0.2) is 19.9 Å². The Morgan fingerprint density at radius 1 is 0.900 bits per heavy atom. The van der Waals surface area contributed by atoms with E-state index < -0.39 is 0 Å². The molecule has 0 aliphatic carbocycles. The number of piperazine rings is 1. The predicted molar refractivity (Wildman–Crippen MR) is 117 cm³/mol. The van der Waals surface area contributed by atoms with E-state index in [4.69, 9.17) is 9.97 Å². The molecule has 1 saturated heterocycles. The molecule has 0 amide bonds. The van der Waals surface area contributed by atoms with E-state index in [0.29, 0.717) is 6.04 Å². The summed E-state index contributed by atoms with van der Waals surface area (Å²) in [7, 11) is 0. The van der Waals surface area contributed by atoms with Crippen LogP contribution >= 0.6 is 0 Å². The summed E-state index contributed by atoms with van der Waals surface area (Å²) >= 11 is 0. The normalized spacial score (nSPS) is 18.7. The molecule has 2 aliphatic rings. The van der Waals surface area contributed by atoms with Gasteiger partial charge in [-0.1, -0.05) is 30.3 Å². The van der Waals surface area contributed by atoms with Gasteiger partial charge in [0.1, 0.15) is 11.3 Å². The molecule has 1 aromatic carbocycles. The fourth-order valence-electron chi connectivity index (χ4n) is 4.55. The Labute approximate surface area is 174 Å². The number of anilines is 1. The van der Waals surface area contributed by atoms with Crippen molar-refractivity contribution >= 4 is 17.1 Å². The minimum absolute atomic E-state index is 0.292. The first-order chi connectivity index (χ1) is 14.9. The lowest BCUT2D eigenvalue weighted by Crippen LogP contribution is -2.44. The van der Waals surface area contributed by atoms with E-state index in [1.165, 1.54) is 5.56 Å². The Kier molecular flexibility index (Phi) is 4.19. The average Bonchev–Trinajstić information content (AvgIpc) is 3.39. The van der Waals surface area contributed by atoms with Gasteiger partial charge in [0.15, 0.2) is 5.65 Å². The van der Waals surface area contributed by atoms with Crippen LogP contribution in [0.3, 0.4) is 0 Å². The molecule has 0 saturated carbocycles. The highest BCUT2D eigenvalue weighted by molar-refractivity contribution is 5.76. The molecule has 1 N–H and O–H groups in total. The topological polar surface area (TPSA) is 71.8 Å². The Morgan fingerprint density at radius 3 is 2.50 bits per heavy atom. The van der Waals surface area contributed by atoms with Gasteiger partial charge in [0.2, 0.25) is 5.95 Å². The molecule has 1 atom stereocenters. The molecule has 0 radical (unpaired) electrons. The predicted octanol–water partition coefficient (Wildman–Crippen LogP) is 2.83. The number of benzene rings is 1. The molecule has 0 spiro atoms. The molecule has 3 aromatic heterocycles. The Balaban J connectivity index is 1.36. The number of hydrogen-bond acceptors (Lipinski definition) is 6. The highest BCUT2D eigenvalue weighted by atomic mass is 15.3. The quantitative estimate of drug-likeness (QED) is 0.573. The van der Waals surface area contributed by atoms with E-state index in [2.05, 4.69) is 61.1 Å². The summed E-state index contributed by atoms with van der Waals surface area (Å²) in [5.74, 6) is 1.91. The fourth-order valence-corrected chi connectivity index (χ4v) is 4.55. The fraction of sp³-hybridized carbons (Fsp3) is 0.304. The standard InChI is InChI=1S/C23H23N7/c1-2-4-16(5-3-1)20-8-9-21-27-19-7-6-18(28-22(19)30(20)21)17-14-25-23(26-15-17)29-12-10-24-11-13-29/h1-7,14-15,20,24H,8-13H2/t20-/m1/s1. The lowest BCUT2D eigenvalue weighted by atomic mass is 10.0. The molecule has 6 rings (SSSR count). The first-order valence-electron chi connectivity index (χ1n) is 10.6. The number of pyridine rings is 1. The van der Waals surface area contributed by atoms with E-state index in [1.54, 1.807) is 0 Å². The molecule has 7 nitrogen and oxygen atoms in total. The molecule has 30 heavy (non-hydrogen) atoms. The highest BCUT2D eigenvalue weighted by Crippen LogP contribution is 2.35. The molecular weight excluding hydrogens is 374 g/mol. The minimum Gasteiger partial charge on any atom is -0.338 e. The first-order valence-corrected chi connectivity index (χ1v) is 10.6. The van der Waals surface area contributed by atoms with E-state index in [1.807, 2.05) is 18.5 Å². The lowest BCUT2D eigenvalue weighted by molar-refractivity contribution is 0.580. The minimum atomic E-state index is 0.292. The zero-order valence-electron chi connectivity index (χ0n) is 16.7. The van der Waals surface area contributed by atoms with E-state index in [-0.39, 0.29) is 0 Å². The maximum Gasteiger partial charge on any atom is 0.225 e. The van der Waals surface area contributed by atoms with E-state index >= 15 is 0 Å². The number of rotatable bonds is 3. The van der Waals surface area contributed by atoms with Crippen molar-refractivity contribution in [2.24, 2.45) is 0 Å². The van der Waals surface area contributed by atoms with Crippen molar-refractivity contribution in [3.63, 3.8) is 0 Å². The summed E-state index contributed by atoms with van der Waals surface area (Å²) in [6.45, 7) is 3.81. The monoisotopic (exact) mass is 397 g/mol. The van der Waals surface area contributed by atoms with Crippen molar-refractivity contribution < 1.29 is 0 Å². The summed E-state index contributed by atoms with van der Waals surface area (Å²) in [5, 5.41) is 3.36. The first kappa shape index (κ1) is 17.5. The van der Waals surface area contributed by atoms with Crippen molar-refractivity contribution in [3.8, 4) is 11.3 Å². The van der Waals surface area contributed by atoms with Crippen LogP contribution in [0.15, 0.2) is 54.9 Å². The van der Waals surface area contributed by atoms with Crippen LogP contribution in [0.1, 0.15) is 23.9 Å². The smallest absolute Gasteiger partial charge is 0.225 e. The Hall–Kier alpha value is -3.32. The van der Waals surface area contributed by atoms with Crippen molar-refractivity contribution in [1.82, 2.24) is 29.8 Å². The molecule has 0 unspecified atom stereocenters. The maximum absolute atomic E-state index is 4.99. The number of hydrogen-bond donors (Lipinski definition) is 1. The van der Waals surface area contributed by atoms with Crippen molar-refractivity contribution in [2.45, 2.75) is 18.9 Å². The van der Waals surface area contributed by atoms with E-state index in [9.17, 15) is 0 Å². The highest BCUT2D eigenvalue weighted by Gasteiger charge is 2.27. The van der Waals surface area contributed by atoms with Crippen LogP contribution in [-0.2, 0) is 6.42 Å². The molecule has 1 fully saturated rings. The lowest BCUT2D eigenvalue weighted by Gasteiger charge is -2.27. The van der Waals surface area contributed by atoms with E-state index in [0.717, 1.165) is 73.2 Å². The second-order valence-electron chi connectivity index (χ2n) is 7.91. The molecule has 4 aromatic rings. The molecular formula is C23H23N7. The zero-order valence-corrected chi connectivity index (χ0v) is 16.7. The molecule has 7 heteroatoms. The van der Waals surface area contributed by atoms with Crippen LogP contribution in [0.2, 0.25) is 0 Å². The Morgan fingerprint density at radius 2 is 1.70 bits per heavy atom. The summed E-state index contributed by atoms with van der Waals surface area (Å²) in [5.41, 5.74) is 5.02. The van der Waals surface area contributed by atoms with Gasteiger partial charge in [-0.2, -0.15) is 0 Å². The van der Waals surface area contributed by atoms with Crippen LogP contribution < -0.4 is 10.2 Å². The van der Waals surface area contributed by atoms with Crippen LogP contribution in [0.25, 0.3) is 22.4 Å². The van der Waals surface area contributed by atoms with Gasteiger partial charge in [0.05, 0.1) is 11.7 Å². The van der Waals surface area contributed by atoms with Crippen molar-refractivity contribution in [1.29, 1.82) is 0 Å². The van der Waals surface area contributed by atoms with Gasteiger partial charge >= 0.3 is 0 Å². The summed E-state index contributed by atoms with van der Waals surface area (Å²) in [6, 6.07) is 15.0. The van der Waals surface area contributed by atoms with Crippen LogP contribution in [-0.4, -0.2) is 50.7 Å². The van der Waals surface area contributed by atoms with Gasteiger partial charge in [-0.05, 0) is 24.1 Å². The maximum atomic E-state index is 4.99. The molecule has 150 valence electrons. The van der Waals surface area contributed by atoms with Crippen molar-refractivity contribution in [3.05, 3.63) is 66.2 Å². The van der Waals surface area contributed by atoms with Gasteiger partial charge < -0.3 is 14.8 Å². The average molecular weight is 397 g/mol. The van der Waals surface area contributed by atoms with Crippen LogP contribution in [0.4, 0.5) is 5.95 Å². The van der Waals surface area contributed by atoms with Gasteiger partial charge in [0.25, 0.3) is 0 Å². The number of fused-ring (bicyclic) bond motifs is 3. The Bertz CT molecular complexity index is 1180. The number of nitrogens with one attached hydrogen (secondary N) is 1. The van der Waals surface area contributed by atoms with Gasteiger partial charge in [0, 0.05) is 50.6 Å². The van der Waals surface area contributed by atoms with Crippen LogP contribution in [0, 0.1) is 0 Å². The number of imidazole rings is 1. The second-order valence-corrected chi connectivity index (χ2v) is 7.91. The van der Waals surface area contributed by atoms with Crippen LogP contribution in [0.5, 0.6) is 0 Å². The summed E-state index contributed by atoms with van der Waals surface area (Å²) in [4.78, 5) is 21.3. The third kappa shape index (κ3) is 2.93. The van der Waals surface area contributed by atoms with Gasteiger partial charge in [-0.3, -0.25) is 0 Å². The number of nitrogens with zero attached hydrogens (tertiary/aromatic N) is 6. The third-order valence-electron chi connectivity index (χ3n) is 6.08. The second kappa shape index (κ2) is 7.18.